The predicted molar refractivity (Wildman–Crippen MR) is 233 cm³/mol. The number of anilines is 1. The molecule has 1 spiro atoms. The summed E-state index contributed by atoms with van der Waals surface area (Å²) in [7, 11) is 0. The lowest BCUT2D eigenvalue weighted by Crippen LogP contribution is -2.54. The maximum Gasteiger partial charge on any atom is 0.324 e. The normalized spacial score (nSPS) is 24.0. The molecule has 0 saturated carbocycles. The second kappa shape index (κ2) is 16.5. The third-order valence-electron chi connectivity index (χ3n) is 12.7. The number of nitrogens with one attached hydrogen (secondary N) is 3. The molecule has 6 atom stereocenters. The summed E-state index contributed by atoms with van der Waals surface area (Å²) >= 11 is 0. The molecule has 2 saturated heterocycles. The molecule has 5 aromatic carbocycles. The Morgan fingerprint density at radius 3 is 2.42 bits per heavy atom. The van der Waals surface area contributed by atoms with Gasteiger partial charge < -0.3 is 30.2 Å². The molecule has 0 radical (unpaired) electrons. The lowest BCUT2D eigenvalue weighted by atomic mass is 9.65. The molecular weight excluding hydrogens is 779 g/mol. The van der Waals surface area contributed by atoms with E-state index in [0.29, 0.717) is 34.0 Å². The zero-order valence-corrected chi connectivity index (χ0v) is 33.9. The highest BCUT2D eigenvalue weighted by Crippen LogP contribution is 2.65. The third kappa shape index (κ3) is 6.82. The Hall–Kier alpha value is -7.00. The molecule has 10 rings (SSSR count). The number of fused-ring (bicyclic) bond motifs is 4. The van der Waals surface area contributed by atoms with Crippen LogP contribution >= 0.6 is 0 Å². The van der Waals surface area contributed by atoms with Crippen molar-refractivity contribution in [2.75, 3.05) is 18.5 Å². The molecule has 0 bridgehead atoms. The minimum atomic E-state index is -1.70. The monoisotopic (exact) mass is 823 g/mol. The van der Waals surface area contributed by atoms with Crippen LogP contribution in [0.15, 0.2) is 139 Å². The number of cyclic esters (lactones) is 1. The number of para-hydroxylation sites is 2. The molecule has 0 unspecified atom stereocenters. The summed E-state index contributed by atoms with van der Waals surface area (Å²) in [4.78, 5) is 56.3. The van der Waals surface area contributed by atoms with E-state index in [-0.39, 0.29) is 19.8 Å². The van der Waals surface area contributed by atoms with Gasteiger partial charge in [-0.05, 0) is 96.0 Å². The number of carbonyl (C=O) groups is 3. The fourth-order valence-corrected chi connectivity index (χ4v) is 10.1. The summed E-state index contributed by atoms with van der Waals surface area (Å²) in [5.41, 5.74) is 4.98. The van der Waals surface area contributed by atoms with E-state index in [9.17, 15) is 5.11 Å². The van der Waals surface area contributed by atoms with Crippen LogP contribution in [0.5, 0.6) is 5.75 Å². The Labute approximate surface area is 359 Å². The molecule has 62 heavy (non-hydrogen) atoms. The summed E-state index contributed by atoms with van der Waals surface area (Å²) in [5.74, 6) is 4.88. The van der Waals surface area contributed by atoms with Gasteiger partial charge in [0.05, 0.1) is 42.2 Å². The zero-order valence-electron chi connectivity index (χ0n) is 33.9. The van der Waals surface area contributed by atoms with Crippen molar-refractivity contribution in [3.05, 3.63) is 173 Å². The van der Waals surface area contributed by atoms with Gasteiger partial charge in [-0.1, -0.05) is 103 Å². The fraction of sp³-hybridized carbons (Fsp3) is 0.255. The lowest BCUT2D eigenvalue weighted by Gasteiger charge is -2.46. The van der Waals surface area contributed by atoms with Crippen LogP contribution in [-0.4, -0.2) is 57.0 Å². The smallest absolute Gasteiger partial charge is 0.324 e. The van der Waals surface area contributed by atoms with E-state index in [1.165, 1.54) is 0 Å². The van der Waals surface area contributed by atoms with E-state index in [1.54, 1.807) is 6.07 Å². The molecular formula is C51H45N5O6. The van der Waals surface area contributed by atoms with Crippen molar-refractivity contribution in [1.82, 2.24) is 20.2 Å². The summed E-state index contributed by atoms with van der Waals surface area (Å²) in [5, 5.41) is 16.0. The molecule has 1 aromatic heterocycles. The van der Waals surface area contributed by atoms with E-state index < -0.39 is 53.3 Å². The van der Waals surface area contributed by atoms with Crippen molar-refractivity contribution in [3.8, 4) is 17.6 Å². The highest BCUT2D eigenvalue weighted by Gasteiger charge is 2.74. The number of rotatable bonds is 9. The van der Waals surface area contributed by atoms with Crippen molar-refractivity contribution in [2.24, 2.45) is 5.92 Å². The molecule has 1 aliphatic carbocycles. The number of hydrogen-bond acceptors (Lipinski definition) is 8. The fourth-order valence-electron chi connectivity index (χ4n) is 10.1. The Morgan fingerprint density at radius 1 is 0.871 bits per heavy atom. The Bertz CT molecular complexity index is 2740. The number of H-pyrrole nitrogens is 1. The maximum absolute atomic E-state index is 15.6. The summed E-state index contributed by atoms with van der Waals surface area (Å²) in [6.45, 7) is -0.132. The predicted octanol–water partition coefficient (Wildman–Crippen LogP) is 7.37. The number of carbonyl (C=O) groups excluding carboxylic acids is 3. The zero-order chi connectivity index (χ0) is 42.2. The van der Waals surface area contributed by atoms with Crippen LogP contribution in [0.4, 0.5) is 5.69 Å². The number of aliphatic hydroxyl groups excluding tert-OH is 1. The highest BCUT2D eigenvalue weighted by molar-refractivity contribution is 6.12. The number of amides is 2. The van der Waals surface area contributed by atoms with Gasteiger partial charge in [-0.3, -0.25) is 19.3 Å². The summed E-state index contributed by atoms with van der Waals surface area (Å²) in [6, 6.07) is 37.2. The topological polar surface area (TPSA) is 146 Å². The first-order valence-corrected chi connectivity index (χ1v) is 21.2. The number of aliphatic hydroxyl groups is 1. The Balaban J connectivity index is 1.21. The van der Waals surface area contributed by atoms with Crippen LogP contribution in [0.2, 0.25) is 0 Å². The molecule has 11 heteroatoms. The number of aromatic amines is 1. The van der Waals surface area contributed by atoms with E-state index in [1.807, 2.05) is 121 Å². The molecule has 310 valence electrons. The molecule has 2 fully saturated rings. The Morgan fingerprint density at radius 2 is 1.65 bits per heavy atom. The second-order valence-corrected chi connectivity index (χ2v) is 16.3. The van der Waals surface area contributed by atoms with Gasteiger partial charge in [0, 0.05) is 11.3 Å². The number of allylic oxidation sites excluding steroid dienone is 2. The molecule has 11 nitrogen and oxygen atoms in total. The Kier molecular flexibility index (Phi) is 10.4. The van der Waals surface area contributed by atoms with Gasteiger partial charge in [0.15, 0.2) is 0 Å². The maximum atomic E-state index is 15.6. The van der Waals surface area contributed by atoms with Gasteiger partial charge in [0.1, 0.15) is 35.7 Å². The largest absolute Gasteiger partial charge is 0.491 e. The number of aromatic nitrogens is 2. The SMILES string of the molecule is O=C1O[C@H](c2ccccc2)[C@H](c2ccccc2)N2[C@H]1[C@@H](C(=O)NCc1nc3ccccc3[nH]1)[C@]1(C(=O)Nc3ccc(C#CC4=CCCCC4)cc31)[C@H]2c1cccc(OCCO)c1. The van der Waals surface area contributed by atoms with Gasteiger partial charge in [-0.15, -0.1) is 0 Å². The molecule has 4 N–H and O–H groups in total. The first-order chi connectivity index (χ1) is 30.4. The van der Waals surface area contributed by atoms with Crippen LogP contribution in [0, 0.1) is 17.8 Å². The average Bonchev–Trinajstić information content (AvgIpc) is 3.97. The van der Waals surface area contributed by atoms with Crippen LogP contribution in [0.3, 0.4) is 0 Å². The average molecular weight is 824 g/mol. The van der Waals surface area contributed by atoms with Gasteiger partial charge in [0.2, 0.25) is 11.8 Å². The van der Waals surface area contributed by atoms with Crippen LogP contribution in [0.1, 0.15) is 77.5 Å². The van der Waals surface area contributed by atoms with E-state index >= 15 is 14.4 Å². The van der Waals surface area contributed by atoms with E-state index in [4.69, 9.17) is 14.5 Å². The first-order valence-electron chi connectivity index (χ1n) is 21.2. The quantitative estimate of drug-likeness (QED) is 0.0874. The molecule has 2 amide bonds. The number of nitrogens with zero attached hydrogens (tertiary/aromatic N) is 2. The van der Waals surface area contributed by atoms with Crippen LogP contribution < -0.4 is 15.4 Å². The minimum absolute atomic E-state index is 0.0148. The molecule has 3 aliphatic heterocycles. The van der Waals surface area contributed by atoms with E-state index in [0.717, 1.165) is 53.4 Å². The van der Waals surface area contributed by atoms with Crippen molar-refractivity contribution >= 4 is 34.5 Å². The summed E-state index contributed by atoms with van der Waals surface area (Å²) in [6.07, 6.45) is 5.51. The van der Waals surface area contributed by atoms with Crippen molar-refractivity contribution in [3.63, 3.8) is 0 Å². The highest BCUT2D eigenvalue weighted by atomic mass is 16.6. The second-order valence-electron chi connectivity index (χ2n) is 16.3. The minimum Gasteiger partial charge on any atom is -0.491 e. The summed E-state index contributed by atoms with van der Waals surface area (Å²) < 4.78 is 12.5. The van der Waals surface area contributed by atoms with Crippen LogP contribution in [0.25, 0.3) is 11.0 Å². The molecule has 6 aromatic rings. The number of hydrogen-bond donors (Lipinski definition) is 4. The van der Waals surface area contributed by atoms with Gasteiger partial charge >= 0.3 is 5.97 Å². The number of ether oxygens (including phenoxy) is 2. The van der Waals surface area contributed by atoms with Crippen LogP contribution in [-0.2, 0) is 31.1 Å². The van der Waals surface area contributed by atoms with Crippen molar-refractivity contribution in [1.29, 1.82) is 0 Å². The molecule has 4 aliphatic rings. The molecule has 4 heterocycles. The lowest BCUT2D eigenvalue weighted by molar-refractivity contribution is -0.178. The van der Waals surface area contributed by atoms with Crippen molar-refractivity contribution in [2.45, 2.75) is 61.9 Å². The first kappa shape index (κ1) is 39.2. The number of benzene rings is 5. The number of esters is 1. The third-order valence-corrected chi connectivity index (χ3v) is 12.7. The van der Waals surface area contributed by atoms with E-state index in [2.05, 4.69) is 38.4 Å². The van der Waals surface area contributed by atoms with Gasteiger partial charge in [-0.2, -0.15) is 0 Å². The van der Waals surface area contributed by atoms with Gasteiger partial charge in [0.25, 0.3) is 0 Å². The number of imidazole rings is 1. The number of morpholine rings is 1. The van der Waals surface area contributed by atoms with Crippen molar-refractivity contribution < 1.29 is 29.0 Å². The standard InChI is InChI=1S/C51H45N5O6/c57-27-28-61-37-20-12-19-36(30-37)47-51(38-29-33(25-26-39(38)55-50(51)60)24-23-32-13-4-1-5-14-32)43(48(58)52-31-42-53-40-21-10-11-22-41(40)54-42)45-49(59)62-46(35-17-8-3-9-18-35)44(56(45)47)34-15-6-2-7-16-34/h2-3,6-13,15-22,25-26,29-30,43-47,57H,1,4-5,14,27-28,31H2,(H,52,58)(H,53,54)(H,55,60)/t43-,44-,45-,46+,47+,51-/m0/s1. The van der Waals surface area contributed by atoms with Gasteiger partial charge in [-0.25, -0.2) is 4.98 Å².